The third-order valence-corrected chi connectivity index (χ3v) is 1.79. The van der Waals surface area contributed by atoms with Crippen LogP contribution in [0.25, 0.3) is 0 Å². The van der Waals surface area contributed by atoms with E-state index in [2.05, 4.69) is 9.72 Å². The van der Waals surface area contributed by atoms with Gasteiger partial charge in [0.25, 0.3) is 0 Å². The monoisotopic (exact) mass is 210 g/mol. The molecule has 15 heavy (non-hydrogen) atoms. The maximum absolute atomic E-state index is 11.1. The Morgan fingerprint density at radius 1 is 1.47 bits per heavy atom. The van der Waals surface area contributed by atoms with Crippen LogP contribution in [0, 0.1) is 0 Å². The van der Waals surface area contributed by atoms with Gasteiger partial charge in [0.05, 0.1) is 12.7 Å². The van der Waals surface area contributed by atoms with Crippen LogP contribution in [0.4, 0.5) is 10.6 Å². The molecule has 0 bridgehead atoms. The molecule has 0 aliphatic heterocycles. The third kappa shape index (κ3) is 2.43. The second-order valence-electron chi connectivity index (χ2n) is 2.74. The maximum atomic E-state index is 11.1. The zero-order chi connectivity index (χ0) is 11.4. The summed E-state index contributed by atoms with van der Waals surface area (Å²) in [4.78, 5) is 26.6. The van der Waals surface area contributed by atoms with Crippen LogP contribution in [0.2, 0.25) is 0 Å². The number of nitrogens with zero attached hydrogens (tertiary/aromatic N) is 2. The summed E-state index contributed by atoms with van der Waals surface area (Å²) >= 11 is 0. The highest BCUT2D eigenvalue weighted by molar-refractivity contribution is 5.89. The number of carboxylic acids is 1. The summed E-state index contributed by atoms with van der Waals surface area (Å²) < 4.78 is 4.47. The van der Waals surface area contributed by atoms with Crippen molar-refractivity contribution in [2.75, 3.05) is 19.1 Å². The van der Waals surface area contributed by atoms with E-state index in [1.54, 1.807) is 0 Å². The Morgan fingerprint density at radius 2 is 2.13 bits per heavy atom. The number of amides is 1. The van der Waals surface area contributed by atoms with Crippen molar-refractivity contribution in [1.29, 1.82) is 0 Å². The maximum Gasteiger partial charge on any atom is 0.414 e. The van der Waals surface area contributed by atoms with Gasteiger partial charge in [-0.3, -0.25) is 4.90 Å². The number of anilines is 1. The smallest absolute Gasteiger partial charge is 0.414 e. The van der Waals surface area contributed by atoms with Crippen LogP contribution in [-0.4, -0.2) is 36.3 Å². The molecule has 0 saturated carbocycles. The minimum absolute atomic E-state index is 0.0667. The van der Waals surface area contributed by atoms with E-state index in [0.717, 1.165) is 0 Å². The number of hydrogen-bond acceptors (Lipinski definition) is 4. The van der Waals surface area contributed by atoms with Crippen molar-refractivity contribution in [1.82, 2.24) is 4.98 Å². The number of aromatic nitrogens is 1. The number of methoxy groups -OCH3 is 1. The van der Waals surface area contributed by atoms with Crippen LogP contribution in [0.5, 0.6) is 0 Å². The number of aromatic carboxylic acids is 1. The van der Waals surface area contributed by atoms with Crippen LogP contribution >= 0.6 is 0 Å². The van der Waals surface area contributed by atoms with E-state index >= 15 is 0 Å². The van der Waals surface area contributed by atoms with Gasteiger partial charge >= 0.3 is 12.1 Å². The highest BCUT2D eigenvalue weighted by Crippen LogP contribution is 2.10. The van der Waals surface area contributed by atoms with Crippen molar-refractivity contribution in [3.8, 4) is 0 Å². The van der Waals surface area contributed by atoms with E-state index in [0.29, 0.717) is 5.82 Å². The molecule has 0 aliphatic rings. The first-order valence-corrected chi connectivity index (χ1v) is 4.07. The standard InChI is InChI=1S/C9H10N2O4/c1-11(9(14)15-2)7-4-3-6(5-10-7)8(12)13/h3-5H,1-2H3,(H,12,13). The first-order valence-electron chi connectivity index (χ1n) is 4.07. The lowest BCUT2D eigenvalue weighted by molar-refractivity contribution is 0.0696. The van der Waals surface area contributed by atoms with Crippen molar-refractivity contribution >= 4 is 17.9 Å². The summed E-state index contributed by atoms with van der Waals surface area (Å²) in [6.45, 7) is 0. The number of hydrogen-bond donors (Lipinski definition) is 1. The molecule has 0 spiro atoms. The number of rotatable bonds is 2. The van der Waals surface area contributed by atoms with E-state index in [9.17, 15) is 9.59 Å². The summed E-state index contributed by atoms with van der Waals surface area (Å²) in [5.41, 5.74) is 0.0667. The van der Waals surface area contributed by atoms with Crippen LogP contribution < -0.4 is 4.90 Å². The van der Waals surface area contributed by atoms with Gasteiger partial charge in [0.2, 0.25) is 0 Å². The van der Waals surface area contributed by atoms with Crippen molar-refractivity contribution in [3.63, 3.8) is 0 Å². The zero-order valence-electron chi connectivity index (χ0n) is 8.30. The van der Waals surface area contributed by atoms with Gasteiger partial charge in [-0.2, -0.15) is 0 Å². The first kappa shape index (κ1) is 11.0. The van der Waals surface area contributed by atoms with Crippen LogP contribution in [0.1, 0.15) is 10.4 Å². The van der Waals surface area contributed by atoms with Gasteiger partial charge in [-0.25, -0.2) is 14.6 Å². The highest BCUT2D eigenvalue weighted by atomic mass is 16.5. The quantitative estimate of drug-likeness (QED) is 0.787. The fraction of sp³-hybridized carbons (Fsp3) is 0.222. The minimum atomic E-state index is -1.06. The number of carboxylic acid groups (broad SMARTS) is 1. The van der Waals surface area contributed by atoms with Crippen molar-refractivity contribution in [2.24, 2.45) is 0 Å². The summed E-state index contributed by atoms with van der Waals surface area (Å²) in [6, 6.07) is 2.80. The highest BCUT2D eigenvalue weighted by Gasteiger charge is 2.12. The van der Waals surface area contributed by atoms with Gasteiger partial charge in [-0.05, 0) is 12.1 Å². The van der Waals surface area contributed by atoms with Crippen molar-refractivity contribution in [2.45, 2.75) is 0 Å². The van der Waals surface area contributed by atoms with Crippen LogP contribution in [-0.2, 0) is 4.74 Å². The Labute approximate surface area is 86.1 Å². The fourth-order valence-electron chi connectivity index (χ4n) is 0.941. The topological polar surface area (TPSA) is 79.7 Å². The number of carbonyl (C=O) groups is 2. The molecule has 0 atom stereocenters. The Kier molecular flexibility index (Phi) is 3.22. The minimum Gasteiger partial charge on any atom is -0.478 e. The largest absolute Gasteiger partial charge is 0.478 e. The van der Waals surface area contributed by atoms with Crippen molar-refractivity contribution in [3.05, 3.63) is 23.9 Å². The normalized spacial score (nSPS) is 9.47. The Bertz CT molecular complexity index is 374. The summed E-state index contributed by atoms with van der Waals surface area (Å²) in [5, 5.41) is 8.62. The zero-order valence-corrected chi connectivity index (χ0v) is 8.30. The number of carbonyl (C=O) groups excluding carboxylic acids is 1. The van der Waals surface area contributed by atoms with Crippen LogP contribution in [0.3, 0.4) is 0 Å². The lowest BCUT2D eigenvalue weighted by atomic mass is 10.3. The summed E-state index contributed by atoms with van der Waals surface area (Å²) in [6.07, 6.45) is 0.613. The summed E-state index contributed by atoms with van der Waals surface area (Å²) in [5.74, 6) is -0.735. The molecular formula is C9H10N2O4. The van der Waals surface area contributed by atoms with E-state index in [4.69, 9.17) is 5.11 Å². The Morgan fingerprint density at radius 3 is 2.53 bits per heavy atom. The molecule has 6 heteroatoms. The number of ether oxygens (including phenoxy) is 1. The first-order chi connectivity index (χ1) is 7.06. The molecule has 80 valence electrons. The number of pyridine rings is 1. The van der Waals surface area contributed by atoms with Gasteiger partial charge in [0.15, 0.2) is 0 Å². The van der Waals surface area contributed by atoms with E-state index in [1.165, 1.54) is 37.4 Å². The molecule has 1 rings (SSSR count). The van der Waals surface area contributed by atoms with Crippen LogP contribution in [0.15, 0.2) is 18.3 Å². The molecule has 0 saturated heterocycles. The molecule has 1 amide bonds. The molecule has 6 nitrogen and oxygen atoms in total. The lowest BCUT2D eigenvalue weighted by Crippen LogP contribution is -2.26. The summed E-state index contributed by atoms with van der Waals surface area (Å²) in [7, 11) is 2.74. The molecule has 0 aliphatic carbocycles. The van der Waals surface area contributed by atoms with E-state index in [-0.39, 0.29) is 5.56 Å². The Hall–Kier alpha value is -2.11. The average Bonchev–Trinajstić information content (AvgIpc) is 2.27. The fourth-order valence-corrected chi connectivity index (χ4v) is 0.941. The second-order valence-corrected chi connectivity index (χ2v) is 2.74. The molecule has 0 radical (unpaired) electrons. The lowest BCUT2D eigenvalue weighted by Gasteiger charge is -2.13. The molecule has 1 aromatic rings. The third-order valence-electron chi connectivity index (χ3n) is 1.79. The molecular weight excluding hydrogens is 200 g/mol. The van der Waals surface area contributed by atoms with Gasteiger partial charge in [-0.1, -0.05) is 0 Å². The van der Waals surface area contributed by atoms with E-state index in [1.807, 2.05) is 0 Å². The Balaban J connectivity index is 2.89. The van der Waals surface area contributed by atoms with Gasteiger partial charge in [-0.15, -0.1) is 0 Å². The van der Waals surface area contributed by atoms with Gasteiger partial charge < -0.3 is 9.84 Å². The SMILES string of the molecule is COC(=O)N(C)c1ccc(C(=O)O)cn1. The molecule has 1 aromatic heterocycles. The average molecular weight is 210 g/mol. The van der Waals surface area contributed by atoms with Gasteiger partial charge in [0.1, 0.15) is 5.82 Å². The molecule has 0 unspecified atom stereocenters. The molecule has 0 aromatic carbocycles. The molecule has 1 heterocycles. The molecule has 0 fully saturated rings. The van der Waals surface area contributed by atoms with E-state index < -0.39 is 12.1 Å². The predicted octanol–water partition coefficient (Wildman–Crippen LogP) is 0.982. The van der Waals surface area contributed by atoms with Gasteiger partial charge in [0, 0.05) is 13.2 Å². The second kappa shape index (κ2) is 4.41. The van der Waals surface area contributed by atoms with Crippen molar-refractivity contribution < 1.29 is 19.4 Å². The molecule has 1 N–H and O–H groups in total. The predicted molar refractivity (Wildman–Crippen MR) is 52.0 cm³/mol.